The van der Waals surface area contributed by atoms with Crippen molar-refractivity contribution in [2.45, 2.75) is 26.3 Å². The molecule has 0 radical (unpaired) electrons. The highest BCUT2D eigenvalue weighted by molar-refractivity contribution is 5.90. The third-order valence-electron chi connectivity index (χ3n) is 2.11. The topological polar surface area (TPSA) is 74.8 Å². The monoisotopic (exact) mass is 183 g/mol. The second-order valence-corrected chi connectivity index (χ2v) is 2.91. The Kier molecular flexibility index (Phi) is 2.94. The Bertz CT molecular complexity index is 270. The quantitative estimate of drug-likeness (QED) is 0.719. The van der Waals surface area contributed by atoms with E-state index in [-0.39, 0.29) is 17.8 Å². The van der Waals surface area contributed by atoms with E-state index in [0.717, 1.165) is 6.42 Å². The van der Waals surface area contributed by atoms with Crippen molar-refractivity contribution in [2.75, 3.05) is 7.05 Å². The van der Waals surface area contributed by atoms with Crippen LogP contribution < -0.4 is 0 Å². The number of nitrogens with zero attached hydrogens (tertiary/aromatic N) is 4. The first kappa shape index (κ1) is 9.63. The SMILES string of the molecule is CCC(C)N(C)C(=O)c1nn[nH]n1. The zero-order chi connectivity index (χ0) is 9.84. The van der Waals surface area contributed by atoms with E-state index in [0.29, 0.717) is 0 Å². The summed E-state index contributed by atoms with van der Waals surface area (Å²) in [5.41, 5.74) is 0. The first-order valence-corrected chi connectivity index (χ1v) is 4.17. The van der Waals surface area contributed by atoms with E-state index in [2.05, 4.69) is 20.6 Å². The fraction of sp³-hybridized carbons (Fsp3) is 0.714. The molecule has 6 heteroatoms. The summed E-state index contributed by atoms with van der Waals surface area (Å²) in [6, 6.07) is 0.186. The number of H-pyrrole nitrogens is 1. The van der Waals surface area contributed by atoms with Gasteiger partial charge in [0.05, 0.1) is 0 Å². The second kappa shape index (κ2) is 3.97. The Morgan fingerprint density at radius 2 is 2.38 bits per heavy atom. The van der Waals surface area contributed by atoms with Crippen LogP contribution in [0.25, 0.3) is 0 Å². The van der Waals surface area contributed by atoms with Crippen LogP contribution in [-0.2, 0) is 0 Å². The highest BCUT2D eigenvalue weighted by atomic mass is 16.2. The van der Waals surface area contributed by atoms with Gasteiger partial charge in [0.15, 0.2) is 0 Å². The summed E-state index contributed by atoms with van der Waals surface area (Å²) < 4.78 is 0. The van der Waals surface area contributed by atoms with Gasteiger partial charge in [-0.2, -0.15) is 5.21 Å². The van der Waals surface area contributed by atoms with Crippen molar-refractivity contribution >= 4 is 5.91 Å². The number of amides is 1. The summed E-state index contributed by atoms with van der Waals surface area (Å²) in [5, 5.41) is 12.8. The molecule has 0 aliphatic rings. The molecule has 0 fully saturated rings. The summed E-state index contributed by atoms with van der Waals surface area (Å²) in [7, 11) is 1.73. The van der Waals surface area contributed by atoms with E-state index in [1.54, 1.807) is 11.9 Å². The Hall–Kier alpha value is -1.46. The van der Waals surface area contributed by atoms with Crippen molar-refractivity contribution in [3.05, 3.63) is 5.82 Å². The van der Waals surface area contributed by atoms with Crippen molar-refractivity contribution < 1.29 is 4.79 Å². The zero-order valence-corrected chi connectivity index (χ0v) is 7.98. The number of nitrogens with one attached hydrogen (secondary N) is 1. The third kappa shape index (κ3) is 2.01. The van der Waals surface area contributed by atoms with E-state index >= 15 is 0 Å². The molecular formula is C7H13N5O. The van der Waals surface area contributed by atoms with Gasteiger partial charge in [-0.25, -0.2) is 0 Å². The Morgan fingerprint density at radius 3 is 2.85 bits per heavy atom. The molecule has 1 rings (SSSR count). The van der Waals surface area contributed by atoms with Crippen LogP contribution in [-0.4, -0.2) is 44.5 Å². The molecule has 1 amide bonds. The molecule has 6 nitrogen and oxygen atoms in total. The summed E-state index contributed by atoms with van der Waals surface area (Å²) in [5.74, 6) is -0.0918. The van der Waals surface area contributed by atoms with Crippen LogP contribution >= 0.6 is 0 Å². The molecule has 0 saturated carbocycles. The van der Waals surface area contributed by atoms with Gasteiger partial charge in [-0.05, 0) is 18.6 Å². The van der Waals surface area contributed by atoms with Crippen LogP contribution in [0.4, 0.5) is 0 Å². The summed E-state index contributed by atoms with van der Waals surface area (Å²) >= 11 is 0. The van der Waals surface area contributed by atoms with Crippen LogP contribution in [0, 0.1) is 0 Å². The number of hydrogen-bond acceptors (Lipinski definition) is 4. The second-order valence-electron chi connectivity index (χ2n) is 2.91. The van der Waals surface area contributed by atoms with Gasteiger partial charge in [0.1, 0.15) is 0 Å². The maximum absolute atomic E-state index is 11.5. The molecule has 0 aliphatic heterocycles. The lowest BCUT2D eigenvalue weighted by atomic mass is 10.2. The number of hydrogen-bond donors (Lipinski definition) is 1. The molecular weight excluding hydrogens is 170 g/mol. The highest BCUT2D eigenvalue weighted by Gasteiger charge is 2.19. The fourth-order valence-corrected chi connectivity index (χ4v) is 0.884. The van der Waals surface area contributed by atoms with Gasteiger partial charge in [-0.15, -0.1) is 10.2 Å². The van der Waals surface area contributed by atoms with E-state index in [9.17, 15) is 4.79 Å². The smallest absolute Gasteiger partial charge is 0.295 e. The van der Waals surface area contributed by atoms with Crippen molar-refractivity contribution in [3.8, 4) is 0 Å². The molecule has 0 bridgehead atoms. The van der Waals surface area contributed by atoms with Gasteiger partial charge in [-0.1, -0.05) is 6.92 Å². The molecule has 13 heavy (non-hydrogen) atoms. The highest BCUT2D eigenvalue weighted by Crippen LogP contribution is 2.03. The van der Waals surface area contributed by atoms with Gasteiger partial charge in [0.25, 0.3) is 11.7 Å². The lowest BCUT2D eigenvalue weighted by Crippen LogP contribution is -2.35. The maximum atomic E-state index is 11.5. The molecule has 1 N–H and O–H groups in total. The molecule has 0 aliphatic carbocycles. The molecule has 0 aromatic carbocycles. The standard InChI is InChI=1S/C7H13N5O/c1-4-5(2)12(3)7(13)6-8-10-11-9-6/h5H,4H2,1-3H3,(H,8,9,10,11). The van der Waals surface area contributed by atoms with Gasteiger partial charge < -0.3 is 4.90 Å². The Morgan fingerprint density at radius 1 is 1.69 bits per heavy atom. The van der Waals surface area contributed by atoms with Crippen molar-refractivity contribution in [2.24, 2.45) is 0 Å². The number of carbonyl (C=O) groups excluding carboxylic acids is 1. The summed E-state index contributed by atoms with van der Waals surface area (Å²) in [6.45, 7) is 3.99. The molecule has 1 heterocycles. The minimum Gasteiger partial charge on any atom is -0.336 e. The maximum Gasteiger partial charge on any atom is 0.295 e. The molecule has 1 aromatic heterocycles. The van der Waals surface area contributed by atoms with Crippen molar-refractivity contribution in [1.29, 1.82) is 0 Å². The molecule has 72 valence electrons. The number of aromatic nitrogens is 4. The predicted octanol–water partition coefficient (Wildman–Crippen LogP) is 0.0702. The van der Waals surface area contributed by atoms with E-state index < -0.39 is 0 Å². The lowest BCUT2D eigenvalue weighted by Gasteiger charge is -2.21. The van der Waals surface area contributed by atoms with Gasteiger partial charge in [-0.3, -0.25) is 4.79 Å². The zero-order valence-electron chi connectivity index (χ0n) is 7.98. The number of rotatable bonds is 3. The average molecular weight is 183 g/mol. The van der Waals surface area contributed by atoms with Crippen LogP contribution in [0.5, 0.6) is 0 Å². The van der Waals surface area contributed by atoms with Gasteiger partial charge in [0, 0.05) is 13.1 Å². The molecule has 0 saturated heterocycles. The van der Waals surface area contributed by atoms with E-state index in [1.807, 2.05) is 13.8 Å². The largest absolute Gasteiger partial charge is 0.336 e. The number of tetrazole rings is 1. The lowest BCUT2D eigenvalue weighted by molar-refractivity contribution is 0.0728. The van der Waals surface area contributed by atoms with Crippen LogP contribution in [0.15, 0.2) is 0 Å². The van der Waals surface area contributed by atoms with E-state index in [4.69, 9.17) is 0 Å². The number of carbonyl (C=O) groups is 1. The molecule has 0 spiro atoms. The van der Waals surface area contributed by atoms with Crippen LogP contribution in [0.2, 0.25) is 0 Å². The minimum absolute atomic E-state index is 0.114. The molecule has 1 aromatic rings. The third-order valence-corrected chi connectivity index (χ3v) is 2.11. The van der Waals surface area contributed by atoms with Gasteiger partial charge >= 0.3 is 0 Å². The van der Waals surface area contributed by atoms with Crippen molar-refractivity contribution in [1.82, 2.24) is 25.5 Å². The summed E-state index contributed by atoms with van der Waals surface area (Å²) in [6.07, 6.45) is 0.903. The average Bonchev–Trinajstić information content (AvgIpc) is 2.67. The number of aromatic amines is 1. The summed E-state index contributed by atoms with van der Waals surface area (Å²) in [4.78, 5) is 13.1. The predicted molar refractivity (Wildman–Crippen MR) is 46.0 cm³/mol. The van der Waals surface area contributed by atoms with E-state index in [1.165, 1.54) is 0 Å². The Labute approximate surface area is 76.3 Å². The molecule has 1 unspecified atom stereocenters. The first-order valence-electron chi connectivity index (χ1n) is 4.17. The fourth-order valence-electron chi connectivity index (χ4n) is 0.884. The minimum atomic E-state index is -0.205. The normalized spacial score (nSPS) is 12.5. The Balaban J connectivity index is 2.68. The van der Waals surface area contributed by atoms with Crippen LogP contribution in [0.1, 0.15) is 30.9 Å². The van der Waals surface area contributed by atoms with Gasteiger partial charge in [0.2, 0.25) is 0 Å². The first-order chi connectivity index (χ1) is 6.16. The van der Waals surface area contributed by atoms with Crippen molar-refractivity contribution in [3.63, 3.8) is 0 Å². The van der Waals surface area contributed by atoms with Crippen LogP contribution in [0.3, 0.4) is 0 Å². The molecule has 1 atom stereocenters.